The van der Waals surface area contributed by atoms with Crippen LogP contribution in [-0.4, -0.2) is 17.9 Å². The van der Waals surface area contributed by atoms with Crippen molar-refractivity contribution in [3.63, 3.8) is 0 Å². The first-order valence-electron chi connectivity index (χ1n) is 7.36. The number of hydrogen-bond acceptors (Lipinski definition) is 3. The molecule has 2 aromatic rings. The van der Waals surface area contributed by atoms with E-state index in [4.69, 9.17) is 4.74 Å². The van der Waals surface area contributed by atoms with Crippen LogP contribution in [-0.2, 0) is 4.79 Å². The van der Waals surface area contributed by atoms with Gasteiger partial charge >= 0.3 is 0 Å². The van der Waals surface area contributed by atoms with Gasteiger partial charge in [0, 0.05) is 5.56 Å². The van der Waals surface area contributed by atoms with Gasteiger partial charge in [-0.25, -0.2) is 0 Å². The molecule has 23 heavy (non-hydrogen) atoms. The number of carbonyl (C=O) groups is 2. The van der Waals surface area contributed by atoms with E-state index in [2.05, 4.69) is 10.9 Å². The maximum absolute atomic E-state index is 12.0. The van der Waals surface area contributed by atoms with Gasteiger partial charge in [-0.15, -0.1) is 0 Å². The van der Waals surface area contributed by atoms with Gasteiger partial charge in [-0.2, -0.15) is 0 Å². The van der Waals surface area contributed by atoms with Crippen molar-refractivity contribution in [3.8, 4) is 5.75 Å². The van der Waals surface area contributed by atoms with Crippen molar-refractivity contribution in [2.75, 3.05) is 0 Å². The lowest BCUT2D eigenvalue weighted by Crippen LogP contribution is -2.47. The van der Waals surface area contributed by atoms with Crippen LogP contribution >= 0.6 is 0 Å². The maximum atomic E-state index is 12.0. The number of hydrazine groups is 1. The van der Waals surface area contributed by atoms with Gasteiger partial charge in [0.05, 0.1) is 0 Å². The van der Waals surface area contributed by atoms with Gasteiger partial charge in [-0.1, -0.05) is 35.4 Å². The molecule has 0 aliphatic carbocycles. The zero-order valence-electron chi connectivity index (χ0n) is 13.4. The summed E-state index contributed by atoms with van der Waals surface area (Å²) in [4.78, 5) is 23.9. The maximum Gasteiger partial charge on any atom is 0.279 e. The molecule has 0 aliphatic rings. The second-order valence-corrected chi connectivity index (χ2v) is 5.39. The highest BCUT2D eigenvalue weighted by atomic mass is 16.5. The van der Waals surface area contributed by atoms with Gasteiger partial charge in [0.15, 0.2) is 6.10 Å². The fourth-order valence-electron chi connectivity index (χ4n) is 1.95. The Balaban J connectivity index is 1.86. The Labute approximate surface area is 135 Å². The molecule has 0 aliphatic heterocycles. The minimum Gasteiger partial charge on any atom is -0.481 e. The highest BCUT2D eigenvalue weighted by Gasteiger charge is 2.15. The average molecular weight is 312 g/mol. The molecule has 2 N–H and O–H groups in total. The molecule has 2 aromatic carbocycles. The third-order valence-corrected chi connectivity index (χ3v) is 3.28. The predicted molar refractivity (Wildman–Crippen MR) is 88.1 cm³/mol. The van der Waals surface area contributed by atoms with E-state index in [0.717, 1.165) is 11.1 Å². The summed E-state index contributed by atoms with van der Waals surface area (Å²) < 4.78 is 5.52. The Morgan fingerprint density at radius 3 is 2.30 bits per heavy atom. The molecule has 2 amide bonds. The van der Waals surface area contributed by atoms with Crippen LogP contribution < -0.4 is 15.6 Å². The molecular weight excluding hydrogens is 292 g/mol. The normalized spacial score (nSPS) is 11.4. The Morgan fingerprint density at radius 1 is 0.957 bits per heavy atom. The first kappa shape index (κ1) is 16.5. The highest BCUT2D eigenvalue weighted by Crippen LogP contribution is 2.13. The summed E-state index contributed by atoms with van der Waals surface area (Å²) in [7, 11) is 0. The number of nitrogens with one attached hydrogen (secondary N) is 2. The van der Waals surface area contributed by atoms with Crippen LogP contribution in [0, 0.1) is 13.8 Å². The van der Waals surface area contributed by atoms with E-state index in [1.54, 1.807) is 37.3 Å². The molecule has 0 radical (unpaired) electrons. The summed E-state index contributed by atoms with van der Waals surface area (Å²) in [5.74, 6) is -0.195. The molecule has 0 unspecified atom stereocenters. The smallest absolute Gasteiger partial charge is 0.279 e. The summed E-state index contributed by atoms with van der Waals surface area (Å²) >= 11 is 0. The lowest BCUT2D eigenvalue weighted by atomic mass is 10.1. The first-order valence-corrected chi connectivity index (χ1v) is 7.36. The lowest BCUT2D eigenvalue weighted by molar-refractivity contribution is -0.128. The van der Waals surface area contributed by atoms with Crippen molar-refractivity contribution < 1.29 is 14.3 Å². The van der Waals surface area contributed by atoms with Crippen molar-refractivity contribution in [2.24, 2.45) is 0 Å². The van der Waals surface area contributed by atoms with E-state index >= 15 is 0 Å². The van der Waals surface area contributed by atoms with Crippen molar-refractivity contribution in [2.45, 2.75) is 26.9 Å². The average Bonchev–Trinajstić information content (AvgIpc) is 2.54. The minimum atomic E-state index is -0.726. The molecule has 2 rings (SSSR count). The summed E-state index contributed by atoms with van der Waals surface area (Å²) in [6.45, 7) is 5.49. The quantitative estimate of drug-likeness (QED) is 0.853. The molecule has 0 saturated heterocycles. The third kappa shape index (κ3) is 4.85. The van der Waals surface area contributed by atoms with Crippen LogP contribution in [0.5, 0.6) is 5.75 Å². The minimum absolute atomic E-state index is 0.371. The number of rotatable bonds is 4. The molecule has 0 saturated carbocycles. The first-order chi connectivity index (χ1) is 11.0. The summed E-state index contributed by atoms with van der Waals surface area (Å²) in [6, 6.07) is 14.5. The van der Waals surface area contributed by atoms with Gasteiger partial charge in [0.1, 0.15) is 5.75 Å². The number of benzene rings is 2. The number of ether oxygens (including phenoxy) is 1. The van der Waals surface area contributed by atoms with Crippen LogP contribution in [0.4, 0.5) is 0 Å². The highest BCUT2D eigenvalue weighted by molar-refractivity contribution is 5.95. The molecule has 0 fully saturated rings. The third-order valence-electron chi connectivity index (χ3n) is 3.28. The number of hydrogen-bond donors (Lipinski definition) is 2. The molecule has 0 aromatic heterocycles. The molecule has 5 heteroatoms. The molecular formula is C18H20N2O3. The molecule has 0 spiro atoms. The SMILES string of the molecule is Cc1ccc(O[C@@H](C)C(=O)NNC(=O)c2cccc(C)c2)cc1. The summed E-state index contributed by atoms with van der Waals surface area (Å²) in [5.41, 5.74) is 7.32. The molecule has 1 atom stereocenters. The van der Waals surface area contributed by atoms with Crippen LogP contribution in [0.15, 0.2) is 48.5 Å². The topological polar surface area (TPSA) is 67.4 Å². The zero-order chi connectivity index (χ0) is 16.8. The van der Waals surface area contributed by atoms with E-state index in [1.807, 2.05) is 32.0 Å². The van der Waals surface area contributed by atoms with Crippen LogP contribution in [0.3, 0.4) is 0 Å². The second-order valence-electron chi connectivity index (χ2n) is 5.39. The molecule has 120 valence electrons. The largest absolute Gasteiger partial charge is 0.481 e. The Hall–Kier alpha value is -2.82. The number of aryl methyl sites for hydroxylation is 2. The Morgan fingerprint density at radius 2 is 1.65 bits per heavy atom. The Bertz CT molecular complexity index is 696. The van der Waals surface area contributed by atoms with E-state index in [9.17, 15) is 9.59 Å². The fraction of sp³-hybridized carbons (Fsp3) is 0.222. The lowest BCUT2D eigenvalue weighted by Gasteiger charge is -2.15. The fourth-order valence-corrected chi connectivity index (χ4v) is 1.95. The van der Waals surface area contributed by atoms with Gasteiger partial charge in [-0.3, -0.25) is 20.4 Å². The zero-order valence-corrected chi connectivity index (χ0v) is 13.4. The van der Waals surface area contributed by atoms with Crippen LogP contribution in [0.25, 0.3) is 0 Å². The number of amides is 2. The standard InChI is InChI=1S/C18H20N2O3/c1-12-7-9-16(10-8-12)23-14(3)17(21)19-20-18(22)15-6-4-5-13(2)11-15/h4-11,14H,1-3H3,(H,19,21)(H,20,22)/t14-/m0/s1. The van der Waals surface area contributed by atoms with Crippen molar-refractivity contribution in [3.05, 3.63) is 65.2 Å². The summed E-state index contributed by atoms with van der Waals surface area (Å²) in [5, 5.41) is 0. The van der Waals surface area contributed by atoms with Gasteiger partial charge < -0.3 is 4.74 Å². The van der Waals surface area contributed by atoms with E-state index in [1.165, 1.54) is 0 Å². The Kier molecular flexibility index (Phi) is 5.36. The van der Waals surface area contributed by atoms with E-state index in [0.29, 0.717) is 11.3 Å². The van der Waals surface area contributed by atoms with E-state index < -0.39 is 12.0 Å². The van der Waals surface area contributed by atoms with E-state index in [-0.39, 0.29) is 5.91 Å². The monoisotopic (exact) mass is 312 g/mol. The molecule has 0 heterocycles. The van der Waals surface area contributed by atoms with Crippen LogP contribution in [0.2, 0.25) is 0 Å². The van der Waals surface area contributed by atoms with Crippen LogP contribution in [0.1, 0.15) is 28.4 Å². The van der Waals surface area contributed by atoms with Gasteiger partial charge in [0.2, 0.25) is 0 Å². The summed E-state index contributed by atoms with van der Waals surface area (Å²) in [6.07, 6.45) is -0.726. The predicted octanol–water partition coefficient (Wildman–Crippen LogP) is 2.53. The number of carbonyl (C=O) groups excluding carboxylic acids is 2. The molecule has 5 nitrogen and oxygen atoms in total. The van der Waals surface area contributed by atoms with Crippen molar-refractivity contribution >= 4 is 11.8 Å². The van der Waals surface area contributed by atoms with Gasteiger partial charge in [-0.05, 0) is 45.0 Å². The van der Waals surface area contributed by atoms with Crippen molar-refractivity contribution in [1.82, 2.24) is 10.9 Å². The molecule has 0 bridgehead atoms. The van der Waals surface area contributed by atoms with Gasteiger partial charge in [0.25, 0.3) is 11.8 Å². The van der Waals surface area contributed by atoms with Crippen molar-refractivity contribution in [1.29, 1.82) is 0 Å². The second kappa shape index (κ2) is 7.45.